The van der Waals surface area contributed by atoms with E-state index in [1.165, 1.54) is 5.54 Å². The van der Waals surface area contributed by atoms with Gasteiger partial charge >= 0.3 is 12.2 Å². The van der Waals surface area contributed by atoms with Gasteiger partial charge in [0.2, 0.25) is 11.9 Å². The first-order valence-electron chi connectivity index (χ1n) is 13.9. The Balaban J connectivity index is 1.89. The predicted octanol–water partition coefficient (Wildman–Crippen LogP) is 6.17. The molecule has 0 aliphatic carbocycles. The van der Waals surface area contributed by atoms with Crippen LogP contribution >= 0.6 is 11.6 Å². The predicted molar refractivity (Wildman–Crippen MR) is 165 cm³/mol. The van der Waals surface area contributed by atoms with Gasteiger partial charge in [-0.05, 0) is 60.9 Å². The van der Waals surface area contributed by atoms with E-state index in [2.05, 4.69) is 56.2 Å². The maximum atomic E-state index is 12.9. The minimum atomic E-state index is -4.58. The van der Waals surface area contributed by atoms with Crippen molar-refractivity contribution >= 4 is 35.1 Å². The van der Waals surface area contributed by atoms with Crippen LogP contribution in [0.5, 0.6) is 6.01 Å². The Bertz CT molecular complexity index is 1360. The molecule has 3 N–H and O–H groups in total. The zero-order valence-electron chi connectivity index (χ0n) is 24.9. The summed E-state index contributed by atoms with van der Waals surface area (Å²) in [7, 11) is 0. The van der Waals surface area contributed by atoms with E-state index in [9.17, 15) is 18.0 Å². The fraction of sp³-hybridized carbons (Fsp3) is 0.400. The Hall–Kier alpha value is -4.26. The lowest BCUT2D eigenvalue weighted by molar-refractivity contribution is -0.154. The third-order valence-electron chi connectivity index (χ3n) is 6.25. The Morgan fingerprint density at radius 2 is 1.86 bits per heavy atom. The first-order chi connectivity index (χ1) is 20.9. The second-order valence-electron chi connectivity index (χ2n) is 10.6. The van der Waals surface area contributed by atoms with Gasteiger partial charge in [0.15, 0.2) is 6.61 Å². The highest BCUT2D eigenvalue weighted by Gasteiger charge is 2.29. The topological polar surface area (TPSA) is 114 Å². The van der Waals surface area contributed by atoms with Crippen molar-refractivity contribution in [1.29, 1.82) is 0 Å². The van der Waals surface area contributed by atoms with E-state index in [0.717, 1.165) is 5.57 Å². The van der Waals surface area contributed by atoms with E-state index >= 15 is 0 Å². The van der Waals surface area contributed by atoms with Crippen LogP contribution in [0.1, 0.15) is 37.6 Å². The molecule has 238 valence electrons. The van der Waals surface area contributed by atoms with Crippen LogP contribution in [0, 0.1) is 5.41 Å². The van der Waals surface area contributed by atoms with Gasteiger partial charge in [0, 0.05) is 43.0 Å². The number of carbonyl (C=O) groups excluding carboxylic acids is 1. The molecule has 1 aromatic carbocycles. The average molecular weight is 636 g/mol. The second-order valence-corrected chi connectivity index (χ2v) is 10.9. The van der Waals surface area contributed by atoms with Crippen LogP contribution in [-0.4, -0.2) is 71.3 Å². The molecule has 2 aliphatic rings. The zero-order valence-corrected chi connectivity index (χ0v) is 25.6. The molecule has 14 heteroatoms. The van der Waals surface area contributed by atoms with Gasteiger partial charge in [-0.3, -0.25) is 4.79 Å². The van der Waals surface area contributed by atoms with E-state index < -0.39 is 18.8 Å². The van der Waals surface area contributed by atoms with Gasteiger partial charge in [-0.2, -0.15) is 28.1 Å². The standard InChI is InChI=1S/C30H37ClF3N7O3/c1-5-21-8-13-24(16-31)43-15-7-14-41(6-2)19-29(3,4)18-36-25(42)22-9-11-23(12-10-22)37-27-38-26(35-17-21)39-28(40-27)44-20-30(32,33)34/h5-6,8-13,16H,2,7,14-15,17-20H2,1,3-4H3,(H,36,42)(H2,35,37,38,39,40)/b13-8-,21-5+,24-16?. The Morgan fingerprint density at radius 1 is 1.14 bits per heavy atom. The summed E-state index contributed by atoms with van der Waals surface area (Å²) in [6.45, 7) is 10.7. The van der Waals surface area contributed by atoms with Crippen LogP contribution in [0.15, 0.2) is 72.1 Å². The van der Waals surface area contributed by atoms with Crippen LogP contribution in [0.25, 0.3) is 0 Å². The van der Waals surface area contributed by atoms with E-state index in [0.29, 0.717) is 49.7 Å². The minimum Gasteiger partial charge on any atom is -0.493 e. The van der Waals surface area contributed by atoms with Gasteiger partial charge in [-0.25, -0.2) is 0 Å². The summed E-state index contributed by atoms with van der Waals surface area (Å²) in [4.78, 5) is 27.2. The second kappa shape index (κ2) is 16.0. The number of allylic oxidation sites excluding steroid dienone is 2. The maximum Gasteiger partial charge on any atom is 0.422 e. The van der Waals surface area contributed by atoms with Crippen molar-refractivity contribution in [2.75, 3.05) is 50.0 Å². The van der Waals surface area contributed by atoms with Crippen LogP contribution in [0.2, 0.25) is 0 Å². The van der Waals surface area contributed by atoms with Gasteiger partial charge in [0.05, 0.1) is 6.61 Å². The number of amides is 1. The molecule has 3 heterocycles. The number of anilines is 3. The number of ether oxygens (including phenoxy) is 2. The lowest BCUT2D eigenvalue weighted by Gasteiger charge is -2.32. The van der Waals surface area contributed by atoms with Crippen molar-refractivity contribution in [2.45, 2.75) is 33.4 Å². The summed E-state index contributed by atoms with van der Waals surface area (Å²) in [6.07, 6.45) is 3.23. The van der Waals surface area contributed by atoms with E-state index in [-0.39, 0.29) is 29.8 Å². The smallest absolute Gasteiger partial charge is 0.422 e. The number of hydrogen-bond acceptors (Lipinski definition) is 9. The van der Waals surface area contributed by atoms with Crippen molar-refractivity contribution in [2.24, 2.45) is 5.41 Å². The minimum absolute atomic E-state index is 0.0170. The number of rotatable bonds is 3. The van der Waals surface area contributed by atoms with Crippen LogP contribution in [0.4, 0.5) is 30.8 Å². The fourth-order valence-corrected chi connectivity index (χ4v) is 4.14. The molecule has 2 aromatic rings. The van der Waals surface area contributed by atoms with Gasteiger partial charge in [0.1, 0.15) is 5.76 Å². The van der Waals surface area contributed by atoms with E-state index in [4.69, 9.17) is 21.1 Å². The molecule has 4 bridgehead atoms. The fourth-order valence-electron chi connectivity index (χ4n) is 4.00. The molecule has 0 radical (unpaired) electrons. The highest BCUT2D eigenvalue weighted by molar-refractivity contribution is 6.25. The Kier molecular flexibility index (Phi) is 12.4. The molecule has 10 nitrogen and oxygen atoms in total. The summed E-state index contributed by atoms with van der Waals surface area (Å²) in [5, 5.41) is 8.88. The molecule has 2 aliphatic heterocycles. The highest BCUT2D eigenvalue weighted by Crippen LogP contribution is 2.21. The van der Waals surface area contributed by atoms with E-state index in [1.807, 2.05) is 13.0 Å². The quantitative estimate of drug-likeness (QED) is 0.364. The third-order valence-corrected chi connectivity index (χ3v) is 6.46. The number of nitrogens with zero attached hydrogens (tertiary/aromatic N) is 4. The lowest BCUT2D eigenvalue weighted by Crippen LogP contribution is -2.41. The van der Waals surface area contributed by atoms with Crippen molar-refractivity contribution in [3.05, 3.63) is 77.7 Å². The number of aromatic nitrogens is 3. The number of fused-ring (bicyclic) bond motifs is 16. The SMILES string of the molecule is C=CN1CCCOC(=CCl)/C=C\C(=C/C)CNc2nc(nc(OCC(F)(F)F)n2)Nc2ccc(cc2)C(=O)NCC(C)(C)C1. The van der Waals surface area contributed by atoms with Crippen LogP contribution < -0.4 is 20.7 Å². The average Bonchev–Trinajstić information content (AvgIpc) is 2.98. The molecule has 0 fully saturated rings. The normalized spacial score (nSPS) is 19.6. The number of hydrogen-bond donors (Lipinski definition) is 3. The van der Waals surface area contributed by atoms with Crippen molar-refractivity contribution in [1.82, 2.24) is 25.2 Å². The molecule has 0 saturated heterocycles. The molecule has 44 heavy (non-hydrogen) atoms. The Morgan fingerprint density at radius 3 is 2.52 bits per heavy atom. The molecule has 1 aromatic heterocycles. The largest absolute Gasteiger partial charge is 0.493 e. The summed E-state index contributed by atoms with van der Waals surface area (Å²) in [5.41, 5.74) is 2.79. The van der Waals surface area contributed by atoms with Gasteiger partial charge in [0.25, 0.3) is 5.91 Å². The third kappa shape index (κ3) is 11.8. The summed E-state index contributed by atoms with van der Waals surface area (Å²) < 4.78 is 49.1. The maximum absolute atomic E-state index is 12.9. The van der Waals surface area contributed by atoms with Crippen molar-refractivity contribution in [3.63, 3.8) is 0 Å². The van der Waals surface area contributed by atoms with Crippen LogP contribution in [0.3, 0.4) is 0 Å². The van der Waals surface area contributed by atoms with Crippen molar-refractivity contribution < 1.29 is 27.4 Å². The number of carbonyl (C=O) groups is 1. The Labute approximate surface area is 260 Å². The van der Waals surface area contributed by atoms with Crippen molar-refractivity contribution in [3.8, 4) is 6.01 Å². The number of nitrogens with one attached hydrogen (secondary N) is 3. The molecule has 0 spiro atoms. The molecular weight excluding hydrogens is 599 g/mol. The lowest BCUT2D eigenvalue weighted by atomic mass is 9.92. The molecular formula is C30H37ClF3N7O3. The first-order valence-corrected chi connectivity index (χ1v) is 14.3. The molecule has 0 unspecified atom stereocenters. The summed E-state index contributed by atoms with van der Waals surface area (Å²) >= 11 is 5.98. The molecule has 4 rings (SSSR count). The van der Waals surface area contributed by atoms with Gasteiger partial charge in [-0.15, -0.1) is 0 Å². The molecule has 0 atom stereocenters. The zero-order chi connectivity index (χ0) is 32.2. The van der Waals surface area contributed by atoms with Gasteiger partial charge in [-0.1, -0.05) is 44.2 Å². The summed E-state index contributed by atoms with van der Waals surface area (Å²) in [5.74, 6) is 0.129. The van der Waals surface area contributed by atoms with Gasteiger partial charge < -0.3 is 30.3 Å². The van der Waals surface area contributed by atoms with E-state index in [1.54, 1.807) is 42.6 Å². The monoisotopic (exact) mass is 635 g/mol. The highest BCUT2D eigenvalue weighted by atomic mass is 35.5. The number of halogens is 4. The molecule has 1 amide bonds. The number of alkyl halides is 3. The first kappa shape index (κ1) is 34.2. The molecule has 0 saturated carbocycles. The summed E-state index contributed by atoms with van der Waals surface area (Å²) in [6, 6.07) is 6.00. The van der Waals surface area contributed by atoms with Crippen LogP contribution in [-0.2, 0) is 4.74 Å². The number of benzene rings is 1.